The highest BCUT2D eigenvalue weighted by Gasteiger charge is 2.60. The molecule has 3 fully saturated rings. The van der Waals surface area contributed by atoms with Gasteiger partial charge in [-0.3, -0.25) is 9.59 Å². The first-order valence-corrected chi connectivity index (χ1v) is 47.0. The lowest BCUT2D eigenvalue weighted by Crippen LogP contribution is -2.70. The van der Waals surface area contributed by atoms with Gasteiger partial charge in [-0.05, 0) is 38.5 Å². The minimum absolute atomic E-state index is 0.228. The molecule has 3 aliphatic heterocycles. The van der Waals surface area contributed by atoms with E-state index >= 15 is 0 Å². The molecule has 0 spiro atoms. The number of aliphatic hydroxyl groups is 11. The van der Waals surface area contributed by atoms with Crippen LogP contribution >= 0.6 is 0 Å². The molecule has 3 rings (SSSR count). The maximum Gasteiger partial charge on any atom is 0.364 e. The Labute approximate surface area is 690 Å². The fourth-order valence-corrected chi connectivity index (χ4v) is 16.6. The summed E-state index contributed by atoms with van der Waals surface area (Å²) in [6, 6.07) is -2.53. The molecule has 3 aliphatic rings. The third kappa shape index (κ3) is 47.0. The van der Waals surface area contributed by atoms with Gasteiger partial charge in [-0.2, -0.15) is 0 Å². The molecular formula is C91H172N2O21. The number of carboxylic acid groups (broad SMARTS) is 1. The van der Waals surface area contributed by atoms with Gasteiger partial charge >= 0.3 is 5.97 Å². The van der Waals surface area contributed by atoms with Gasteiger partial charge in [-0.15, -0.1) is 0 Å². The molecule has 0 saturated carbocycles. The average molecular weight is 1630 g/mol. The van der Waals surface area contributed by atoms with Crippen LogP contribution in [0.1, 0.15) is 412 Å². The summed E-state index contributed by atoms with van der Waals surface area (Å²) in [6.45, 7) is 2.30. The van der Waals surface area contributed by atoms with Crippen molar-refractivity contribution in [2.24, 2.45) is 0 Å². The number of hydrogen-bond donors (Lipinski definition) is 14. The van der Waals surface area contributed by atoms with Crippen LogP contribution in [-0.4, -0.2) is 215 Å². The van der Waals surface area contributed by atoms with Crippen LogP contribution < -0.4 is 10.6 Å². The van der Waals surface area contributed by atoms with Gasteiger partial charge in [0.2, 0.25) is 11.8 Å². The number of allylic oxidation sites excluding steroid dienone is 2. The Morgan fingerprint density at radius 1 is 0.447 bits per heavy atom. The minimum atomic E-state index is -3.08. The number of carbonyl (C=O) groups excluding carboxylic acids is 2. The summed E-state index contributed by atoms with van der Waals surface area (Å²) < 4.78 is 35.1. The standard InChI is InChI=1S/C91H172N2O21/c1-4-6-8-10-12-14-16-18-20-22-24-26-28-30-31-32-33-34-35-36-37-38-39-41-43-45-47-49-51-53-55-57-59-61-63-65-78(101)93-72(73(98)64-62-60-58-56-54-52-50-48-46-44-42-40-29-27-25-23-21-19-17-15-13-11-9-7-5-2)70-109-88-83(105)82(104)85(77(69-96)111-88)112-89-84(106)87(81(103)76(68-95)110-89)114-91(90(107)108)66-74(99)79(92-71(3)97)86(113-91)80(102)75(100)67-94/h32-33,72-77,79-89,94-96,98-100,102-106H,4-31,34-70H2,1-3H3,(H,92,97)(H,93,101)(H,107,108)/b33-32-. The van der Waals surface area contributed by atoms with Crippen LogP contribution in [0.25, 0.3) is 0 Å². The number of nitrogens with one attached hydrogen (secondary N) is 2. The lowest BCUT2D eigenvalue weighted by molar-refractivity contribution is -0.386. The molecule has 0 aliphatic carbocycles. The highest BCUT2D eigenvalue weighted by atomic mass is 16.8. The fourth-order valence-electron chi connectivity index (χ4n) is 16.6. The van der Waals surface area contributed by atoms with Crippen molar-refractivity contribution in [3.05, 3.63) is 12.2 Å². The first-order valence-electron chi connectivity index (χ1n) is 47.0. The van der Waals surface area contributed by atoms with Gasteiger partial charge < -0.3 is 100 Å². The van der Waals surface area contributed by atoms with E-state index in [9.17, 15) is 75.7 Å². The second-order valence-corrected chi connectivity index (χ2v) is 34.2. The Hall–Kier alpha value is -2.53. The summed E-state index contributed by atoms with van der Waals surface area (Å²) >= 11 is 0. The van der Waals surface area contributed by atoms with E-state index in [0.29, 0.717) is 19.3 Å². The Bertz CT molecular complexity index is 2300. The van der Waals surface area contributed by atoms with Crippen molar-refractivity contribution in [1.29, 1.82) is 0 Å². The van der Waals surface area contributed by atoms with Crippen molar-refractivity contribution < 1.29 is 104 Å². The minimum Gasteiger partial charge on any atom is -0.477 e. The van der Waals surface area contributed by atoms with Crippen molar-refractivity contribution in [3.8, 4) is 0 Å². The van der Waals surface area contributed by atoms with Gasteiger partial charge in [0.15, 0.2) is 12.6 Å². The Kier molecular flexibility index (Phi) is 64.0. The Balaban J connectivity index is 1.42. The fraction of sp³-hybridized carbons (Fsp3) is 0.945. The maximum absolute atomic E-state index is 13.6. The molecule has 114 heavy (non-hydrogen) atoms. The number of carbonyl (C=O) groups is 3. The zero-order valence-electron chi connectivity index (χ0n) is 72.0. The molecule has 0 aromatic heterocycles. The normalized spacial score (nSPS) is 25.1. The van der Waals surface area contributed by atoms with Crippen molar-refractivity contribution in [2.75, 3.05) is 26.4 Å². The maximum atomic E-state index is 13.6. The smallest absolute Gasteiger partial charge is 0.364 e. The lowest BCUT2D eigenvalue weighted by atomic mass is 9.88. The SMILES string of the molecule is CCCCCCCCCCCCCCCC/C=C\CCCCCCCCCCCCCCCCCCCC(=O)NC(COC1OC(CO)C(OC2OC(CO)C(O)C(OC3(C(=O)O)CC(O)C(NC(C)=O)C(C(O)C(O)CO)O3)C2O)C(O)C1O)C(O)CCCCCCCCCCCCCCCCCCCCCCCCCCC. The number of hydrogen-bond acceptors (Lipinski definition) is 20. The van der Waals surface area contributed by atoms with E-state index in [0.717, 1.165) is 58.3 Å². The van der Waals surface area contributed by atoms with Crippen molar-refractivity contribution >= 4 is 17.8 Å². The first kappa shape index (κ1) is 106. The Morgan fingerprint density at radius 3 is 1.18 bits per heavy atom. The molecule has 3 heterocycles. The van der Waals surface area contributed by atoms with Crippen molar-refractivity contribution in [2.45, 2.75) is 522 Å². The highest BCUT2D eigenvalue weighted by Crippen LogP contribution is 2.39. The van der Waals surface area contributed by atoms with Crippen LogP contribution in [0.2, 0.25) is 0 Å². The molecule has 0 aromatic carbocycles. The zero-order valence-corrected chi connectivity index (χ0v) is 72.0. The number of amides is 2. The summed E-state index contributed by atoms with van der Waals surface area (Å²) in [4.78, 5) is 38.8. The predicted molar refractivity (Wildman–Crippen MR) is 449 cm³/mol. The summed E-state index contributed by atoms with van der Waals surface area (Å²) in [5.74, 6) is -6.09. The van der Waals surface area contributed by atoms with Gasteiger partial charge in [0, 0.05) is 19.8 Å². The summed E-state index contributed by atoms with van der Waals surface area (Å²) in [7, 11) is 0. The van der Waals surface area contributed by atoms with E-state index in [1.165, 1.54) is 308 Å². The molecule has 3 saturated heterocycles. The predicted octanol–water partition coefficient (Wildman–Crippen LogP) is 15.6. The number of carboxylic acids is 1. The number of rotatable bonds is 77. The molecule has 0 aromatic rings. The largest absolute Gasteiger partial charge is 0.477 e. The molecule has 2 amide bonds. The van der Waals surface area contributed by atoms with Crippen LogP contribution in [0.15, 0.2) is 12.2 Å². The van der Waals surface area contributed by atoms with E-state index in [4.69, 9.17) is 28.4 Å². The molecule has 23 nitrogen and oxygen atoms in total. The van der Waals surface area contributed by atoms with Gasteiger partial charge in [-0.25, -0.2) is 4.79 Å². The summed E-state index contributed by atoms with van der Waals surface area (Å²) in [5.41, 5.74) is 0. The quantitative estimate of drug-likeness (QED) is 0.0199. The van der Waals surface area contributed by atoms with Crippen LogP contribution in [0.3, 0.4) is 0 Å². The van der Waals surface area contributed by atoms with Gasteiger partial charge in [-0.1, -0.05) is 366 Å². The molecule has 672 valence electrons. The average Bonchev–Trinajstić information content (AvgIpc) is 0.753. The third-order valence-electron chi connectivity index (χ3n) is 24.0. The number of aliphatic hydroxyl groups excluding tert-OH is 11. The van der Waals surface area contributed by atoms with E-state index in [2.05, 4.69) is 36.6 Å². The second kappa shape index (κ2) is 69.0. The topological polar surface area (TPSA) is 373 Å². The number of aliphatic carboxylic acids is 1. The molecule has 14 N–H and O–H groups in total. The summed E-state index contributed by atoms with van der Waals surface area (Å²) in [6.07, 6.45) is 50.8. The monoisotopic (exact) mass is 1630 g/mol. The molecule has 0 bridgehead atoms. The number of ether oxygens (including phenoxy) is 6. The van der Waals surface area contributed by atoms with Gasteiger partial charge in [0.1, 0.15) is 67.1 Å². The lowest BCUT2D eigenvalue weighted by Gasteiger charge is -2.50. The zero-order chi connectivity index (χ0) is 83.1. The summed E-state index contributed by atoms with van der Waals surface area (Å²) in [5, 5.41) is 137. The van der Waals surface area contributed by atoms with E-state index in [-0.39, 0.29) is 18.9 Å². The molecule has 23 heteroatoms. The van der Waals surface area contributed by atoms with Gasteiger partial charge in [0.25, 0.3) is 5.79 Å². The molecular weight excluding hydrogens is 1460 g/mol. The first-order chi connectivity index (χ1) is 55.4. The Morgan fingerprint density at radius 2 is 0.816 bits per heavy atom. The highest BCUT2D eigenvalue weighted by molar-refractivity contribution is 5.77. The number of unbranched alkanes of at least 4 members (excludes halogenated alkanes) is 55. The van der Waals surface area contributed by atoms with E-state index < -0.39 is 148 Å². The molecule has 0 radical (unpaired) electrons. The molecule has 18 atom stereocenters. The van der Waals surface area contributed by atoms with Gasteiger partial charge in [0.05, 0.1) is 50.7 Å². The van der Waals surface area contributed by atoms with Crippen LogP contribution in [0, 0.1) is 0 Å². The van der Waals surface area contributed by atoms with E-state index in [1.807, 2.05) is 0 Å². The van der Waals surface area contributed by atoms with Crippen LogP contribution in [0.5, 0.6) is 0 Å². The van der Waals surface area contributed by atoms with Crippen molar-refractivity contribution in [1.82, 2.24) is 10.6 Å². The van der Waals surface area contributed by atoms with E-state index in [1.54, 1.807) is 0 Å². The molecule has 18 unspecified atom stereocenters. The van der Waals surface area contributed by atoms with Crippen LogP contribution in [0.4, 0.5) is 0 Å². The van der Waals surface area contributed by atoms with Crippen molar-refractivity contribution in [3.63, 3.8) is 0 Å². The van der Waals surface area contributed by atoms with Crippen LogP contribution in [-0.2, 0) is 42.8 Å². The second-order valence-electron chi connectivity index (χ2n) is 34.2. The third-order valence-corrected chi connectivity index (χ3v) is 24.0.